The van der Waals surface area contributed by atoms with Gasteiger partial charge < -0.3 is 9.84 Å². The second-order valence-electron chi connectivity index (χ2n) is 5.79. The van der Waals surface area contributed by atoms with Crippen LogP contribution in [0.1, 0.15) is 33.5 Å². The molecule has 0 spiro atoms. The van der Waals surface area contributed by atoms with Crippen LogP contribution >= 0.6 is 11.6 Å². The molecular weight excluding hydrogens is 361 g/mol. The summed E-state index contributed by atoms with van der Waals surface area (Å²) in [6.45, 7) is 4.27. The van der Waals surface area contributed by atoms with Crippen molar-refractivity contribution >= 4 is 17.5 Å². The molecule has 0 radical (unpaired) electrons. The highest BCUT2D eigenvalue weighted by atomic mass is 35.5. The second-order valence-corrected chi connectivity index (χ2v) is 6.17. The van der Waals surface area contributed by atoms with E-state index in [2.05, 4.69) is 20.6 Å². The Morgan fingerprint density at radius 1 is 1.31 bits per heavy atom. The van der Waals surface area contributed by atoms with E-state index in [1.807, 2.05) is 13.8 Å². The molecule has 0 aliphatic carbocycles. The third-order valence-corrected chi connectivity index (χ3v) is 4.41. The monoisotopic (exact) mass is 377 g/mol. The van der Waals surface area contributed by atoms with Crippen LogP contribution in [0.15, 0.2) is 28.8 Å². The number of carbonyl (C=O) groups excluding carboxylic acids is 1. The van der Waals surface area contributed by atoms with Crippen molar-refractivity contribution < 1.29 is 13.7 Å². The minimum absolute atomic E-state index is 0.119. The molecule has 2 heterocycles. The van der Waals surface area contributed by atoms with E-state index in [4.69, 9.17) is 16.1 Å². The summed E-state index contributed by atoms with van der Waals surface area (Å²) >= 11 is 6.10. The highest BCUT2D eigenvalue weighted by Gasteiger charge is 2.17. The summed E-state index contributed by atoms with van der Waals surface area (Å²) in [4.78, 5) is 16.1. The molecule has 3 rings (SSSR count). The zero-order chi connectivity index (χ0) is 18.7. The van der Waals surface area contributed by atoms with Crippen LogP contribution in [-0.4, -0.2) is 32.4 Å². The predicted octanol–water partition coefficient (Wildman–Crippen LogP) is 2.70. The van der Waals surface area contributed by atoms with Gasteiger partial charge in [-0.05, 0) is 38.0 Å². The Kier molecular flexibility index (Phi) is 5.32. The maximum Gasteiger partial charge on any atom is 0.316 e. The second kappa shape index (κ2) is 7.65. The van der Waals surface area contributed by atoms with Gasteiger partial charge >= 0.3 is 11.8 Å². The first-order chi connectivity index (χ1) is 12.4. The summed E-state index contributed by atoms with van der Waals surface area (Å²) in [5.74, 6) is -0.542. The van der Waals surface area contributed by atoms with Gasteiger partial charge in [-0.1, -0.05) is 28.9 Å². The lowest BCUT2D eigenvalue weighted by molar-refractivity contribution is 0.0910. The highest BCUT2D eigenvalue weighted by Crippen LogP contribution is 2.19. The predicted molar refractivity (Wildman–Crippen MR) is 92.5 cm³/mol. The zero-order valence-electron chi connectivity index (χ0n) is 14.3. The maximum atomic E-state index is 12.9. The molecule has 0 saturated heterocycles. The van der Waals surface area contributed by atoms with Crippen LogP contribution in [0.4, 0.5) is 4.39 Å². The first-order valence-corrected chi connectivity index (χ1v) is 8.36. The Balaban J connectivity index is 1.55. The number of nitrogens with zero attached hydrogens (tertiary/aromatic N) is 4. The van der Waals surface area contributed by atoms with Crippen LogP contribution in [0, 0.1) is 19.7 Å². The van der Waals surface area contributed by atoms with E-state index >= 15 is 0 Å². The molecule has 0 fully saturated rings. The Morgan fingerprint density at radius 3 is 2.69 bits per heavy atom. The summed E-state index contributed by atoms with van der Waals surface area (Å²) in [5.41, 5.74) is 2.42. The molecule has 2 aromatic heterocycles. The van der Waals surface area contributed by atoms with Crippen molar-refractivity contribution in [3.05, 3.63) is 63.8 Å². The lowest BCUT2D eigenvalue weighted by Crippen LogP contribution is -2.26. The number of rotatable bonds is 6. The quantitative estimate of drug-likeness (QED) is 0.713. The first kappa shape index (κ1) is 18.1. The molecule has 1 N–H and O–H groups in total. The lowest BCUT2D eigenvalue weighted by atomic mass is 10.1. The maximum absolute atomic E-state index is 12.9. The fourth-order valence-electron chi connectivity index (χ4n) is 2.42. The minimum Gasteiger partial charge on any atom is -0.347 e. The van der Waals surface area contributed by atoms with Crippen LogP contribution in [0.3, 0.4) is 0 Å². The van der Waals surface area contributed by atoms with Gasteiger partial charge in [0, 0.05) is 6.54 Å². The van der Waals surface area contributed by atoms with E-state index in [1.165, 1.54) is 12.1 Å². The van der Waals surface area contributed by atoms with Crippen molar-refractivity contribution in [2.45, 2.75) is 26.8 Å². The molecular formula is C17H17ClFN5O2. The number of aryl methyl sites for hydroxylation is 1. The van der Waals surface area contributed by atoms with Crippen molar-refractivity contribution in [2.75, 3.05) is 6.54 Å². The Bertz CT molecular complexity index is 920. The van der Waals surface area contributed by atoms with E-state index in [1.54, 1.807) is 16.8 Å². The molecule has 0 aliphatic rings. The van der Waals surface area contributed by atoms with Crippen LogP contribution in [0.2, 0.25) is 5.02 Å². The first-order valence-electron chi connectivity index (χ1n) is 7.99. The average Bonchev–Trinajstić information content (AvgIpc) is 3.18. The van der Waals surface area contributed by atoms with Gasteiger partial charge in [0.05, 0.1) is 16.4 Å². The number of hydrogen-bond donors (Lipinski definition) is 1. The largest absolute Gasteiger partial charge is 0.347 e. The van der Waals surface area contributed by atoms with Crippen LogP contribution < -0.4 is 5.32 Å². The molecule has 0 unspecified atom stereocenters. The number of halogens is 2. The van der Waals surface area contributed by atoms with Crippen molar-refractivity contribution in [3.63, 3.8) is 0 Å². The molecule has 1 aromatic carbocycles. The van der Waals surface area contributed by atoms with E-state index in [-0.39, 0.29) is 18.3 Å². The third kappa shape index (κ3) is 4.08. The van der Waals surface area contributed by atoms with Gasteiger partial charge in [-0.25, -0.2) is 4.39 Å². The van der Waals surface area contributed by atoms with Gasteiger partial charge in [-0.15, -0.1) is 0 Å². The Hall–Kier alpha value is -2.74. The average molecular weight is 378 g/mol. The Morgan fingerprint density at radius 2 is 2.04 bits per heavy atom. The van der Waals surface area contributed by atoms with Gasteiger partial charge in [0.1, 0.15) is 12.4 Å². The Labute approximate surface area is 154 Å². The topological polar surface area (TPSA) is 85.8 Å². The molecule has 136 valence electrons. The molecule has 0 saturated carbocycles. The molecule has 3 aromatic rings. The lowest BCUT2D eigenvalue weighted by Gasteiger charge is -2.02. The summed E-state index contributed by atoms with van der Waals surface area (Å²) in [6, 6.07) is 6.11. The van der Waals surface area contributed by atoms with Crippen molar-refractivity contribution in [1.82, 2.24) is 25.2 Å². The van der Waals surface area contributed by atoms with E-state index in [9.17, 15) is 9.18 Å². The molecule has 0 aliphatic heterocycles. The highest BCUT2D eigenvalue weighted by molar-refractivity contribution is 6.31. The molecule has 0 bridgehead atoms. The van der Waals surface area contributed by atoms with Gasteiger partial charge in [-0.2, -0.15) is 10.1 Å². The summed E-state index contributed by atoms with van der Waals surface area (Å²) in [5, 5.41) is 11.4. The number of aromatic nitrogens is 4. The van der Waals surface area contributed by atoms with E-state index in [0.29, 0.717) is 29.5 Å². The number of amides is 1. The SMILES string of the molecule is Cc1nn(Cc2noc(C(=O)NCCc3ccc(F)cc3)n2)c(C)c1Cl. The number of hydrogen-bond acceptors (Lipinski definition) is 5. The van der Waals surface area contributed by atoms with Crippen molar-refractivity contribution in [1.29, 1.82) is 0 Å². The standard InChI is InChI=1S/C17H17ClFN5O2/c1-10-15(18)11(2)24(22-10)9-14-21-17(26-23-14)16(25)20-8-7-12-3-5-13(19)6-4-12/h3-6H,7-9H2,1-2H3,(H,20,25). The number of nitrogens with one attached hydrogen (secondary N) is 1. The molecule has 0 atom stereocenters. The molecule has 26 heavy (non-hydrogen) atoms. The summed E-state index contributed by atoms with van der Waals surface area (Å²) in [7, 11) is 0. The summed E-state index contributed by atoms with van der Waals surface area (Å²) < 4.78 is 19.5. The van der Waals surface area contributed by atoms with Crippen LogP contribution in [-0.2, 0) is 13.0 Å². The van der Waals surface area contributed by atoms with E-state index < -0.39 is 5.91 Å². The number of benzene rings is 1. The zero-order valence-corrected chi connectivity index (χ0v) is 15.0. The third-order valence-electron chi connectivity index (χ3n) is 3.86. The fraction of sp³-hybridized carbons (Fsp3) is 0.294. The van der Waals surface area contributed by atoms with E-state index in [0.717, 1.165) is 11.3 Å². The van der Waals surface area contributed by atoms with Crippen LogP contribution in [0.25, 0.3) is 0 Å². The normalized spacial score (nSPS) is 10.9. The summed E-state index contributed by atoms with van der Waals surface area (Å²) in [6.07, 6.45) is 0.567. The molecule has 1 amide bonds. The number of carbonyl (C=O) groups is 1. The van der Waals surface area contributed by atoms with Crippen molar-refractivity contribution in [3.8, 4) is 0 Å². The van der Waals surface area contributed by atoms with Gasteiger partial charge in [0.25, 0.3) is 0 Å². The van der Waals surface area contributed by atoms with Crippen LogP contribution in [0.5, 0.6) is 0 Å². The molecule has 7 nitrogen and oxygen atoms in total. The fourth-order valence-corrected chi connectivity index (χ4v) is 2.56. The van der Waals surface area contributed by atoms with Gasteiger partial charge in [-0.3, -0.25) is 9.48 Å². The van der Waals surface area contributed by atoms with Gasteiger partial charge in [0.2, 0.25) is 0 Å². The van der Waals surface area contributed by atoms with Gasteiger partial charge in [0.15, 0.2) is 5.82 Å². The molecule has 9 heteroatoms. The minimum atomic E-state index is -0.461. The van der Waals surface area contributed by atoms with Crippen molar-refractivity contribution in [2.24, 2.45) is 0 Å². The smallest absolute Gasteiger partial charge is 0.316 e.